The quantitative estimate of drug-likeness (QED) is 0.444. The molecule has 0 aromatic heterocycles. The molecule has 29 heavy (non-hydrogen) atoms. The molecule has 0 radical (unpaired) electrons. The van der Waals surface area contributed by atoms with Crippen molar-refractivity contribution in [2.45, 2.75) is 32.6 Å². The van der Waals surface area contributed by atoms with Crippen LogP contribution in [0.5, 0.6) is 0 Å². The number of aryl methyl sites for hydroxylation is 1. The van der Waals surface area contributed by atoms with Crippen molar-refractivity contribution in [3.05, 3.63) is 118 Å². The van der Waals surface area contributed by atoms with Gasteiger partial charge in [-0.25, -0.2) is 0 Å². The van der Waals surface area contributed by atoms with Gasteiger partial charge in [-0.3, -0.25) is 0 Å². The summed E-state index contributed by atoms with van der Waals surface area (Å²) < 4.78 is 0. The molecule has 0 aliphatic heterocycles. The molecule has 3 aliphatic rings. The molecule has 3 aromatic carbocycles. The average Bonchev–Trinajstić information content (AvgIpc) is 3.39. The topological polar surface area (TPSA) is 0 Å². The molecule has 1 saturated carbocycles. The Labute approximate surface area is 173 Å². The summed E-state index contributed by atoms with van der Waals surface area (Å²) in [5.41, 5.74) is 11.5. The zero-order chi connectivity index (χ0) is 19.8. The SMILES string of the molecule is CC1=CC2CC2(C2(c3ccc(C)cc3)c3ccccc3-c3ccccc32)C(C)=C1. The van der Waals surface area contributed by atoms with Crippen LogP contribution >= 0.6 is 0 Å². The van der Waals surface area contributed by atoms with Gasteiger partial charge in [0.25, 0.3) is 0 Å². The highest BCUT2D eigenvalue weighted by Crippen LogP contribution is 2.76. The molecule has 142 valence electrons. The molecular formula is C29H26. The van der Waals surface area contributed by atoms with Crippen molar-refractivity contribution in [1.29, 1.82) is 0 Å². The maximum atomic E-state index is 2.52. The molecule has 0 nitrogen and oxygen atoms in total. The van der Waals surface area contributed by atoms with E-state index in [-0.39, 0.29) is 10.8 Å². The van der Waals surface area contributed by atoms with E-state index in [4.69, 9.17) is 0 Å². The normalized spacial score (nSPS) is 25.4. The molecule has 6 rings (SSSR count). The van der Waals surface area contributed by atoms with Crippen molar-refractivity contribution in [3.63, 3.8) is 0 Å². The maximum Gasteiger partial charge on any atom is 0.0562 e. The first-order valence-corrected chi connectivity index (χ1v) is 10.7. The molecule has 3 aliphatic carbocycles. The van der Waals surface area contributed by atoms with Gasteiger partial charge < -0.3 is 0 Å². The van der Waals surface area contributed by atoms with Crippen molar-refractivity contribution < 1.29 is 0 Å². The highest BCUT2D eigenvalue weighted by Gasteiger charge is 2.70. The van der Waals surface area contributed by atoms with Gasteiger partial charge >= 0.3 is 0 Å². The standard InChI is InChI=1S/C29H26/c1-19-12-14-22(15-13-19)29(28-18-23(28)17-20(2)16-21(28)3)26-10-6-4-8-24(26)25-9-5-7-11-27(25)29/h4-17,23H,18H2,1-3H3. The predicted molar refractivity (Wildman–Crippen MR) is 121 cm³/mol. The van der Waals surface area contributed by atoms with Gasteiger partial charge in [0.15, 0.2) is 0 Å². The molecule has 0 heterocycles. The summed E-state index contributed by atoms with van der Waals surface area (Å²) in [6.45, 7) is 6.81. The zero-order valence-electron chi connectivity index (χ0n) is 17.4. The largest absolute Gasteiger partial charge is 0.0775 e. The Morgan fingerprint density at radius 1 is 0.724 bits per heavy atom. The predicted octanol–water partition coefficient (Wildman–Crippen LogP) is 7.22. The Morgan fingerprint density at radius 3 is 1.90 bits per heavy atom. The number of fused-ring (bicyclic) bond motifs is 4. The molecule has 0 amide bonds. The van der Waals surface area contributed by atoms with E-state index in [0.717, 1.165) is 0 Å². The first kappa shape index (κ1) is 17.0. The molecule has 0 bridgehead atoms. The van der Waals surface area contributed by atoms with E-state index in [0.29, 0.717) is 5.92 Å². The molecule has 0 saturated heterocycles. The molecule has 0 N–H and O–H groups in total. The van der Waals surface area contributed by atoms with E-state index in [1.807, 2.05) is 0 Å². The van der Waals surface area contributed by atoms with E-state index in [2.05, 4.69) is 106 Å². The van der Waals surface area contributed by atoms with Crippen LogP contribution in [-0.2, 0) is 5.41 Å². The van der Waals surface area contributed by atoms with Gasteiger partial charge in [-0.2, -0.15) is 0 Å². The third-order valence-corrected chi connectivity index (χ3v) is 7.73. The summed E-state index contributed by atoms with van der Waals surface area (Å²) in [5, 5.41) is 0. The van der Waals surface area contributed by atoms with Crippen LogP contribution in [0.25, 0.3) is 11.1 Å². The first-order chi connectivity index (χ1) is 14.1. The lowest BCUT2D eigenvalue weighted by Crippen LogP contribution is -2.40. The smallest absolute Gasteiger partial charge is 0.0562 e. The van der Waals surface area contributed by atoms with Gasteiger partial charge in [-0.15, -0.1) is 0 Å². The highest BCUT2D eigenvalue weighted by atomic mass is 14.7. The fourth-order valence-electron chi connectivity index (χ4n) is 6.59. The minimum atomic E-state index is -0.129. The van der Waals surface area contributed by atoms with Gasteiger partial charge in [0, 0.05) is 5.41 Å². The van der Waals surface area contributed by atoms with Crippen LogP contribution in [0.4, 0.5) is 0 Å². The summed E-state index contributed by atoms with van der Waals surface area (Å²) in [7, 11) is 0. The highest BCUT2D eigenvalue weighted by molar-refractivity contribution is 5.85. The lowest BCUT2D eigenvalue weighted by molar-refractivity contribution is 0.389. The Balaban J connectivity index is 1.77. The molecule has 2 unspecified atom stereocenters. The van der Waals surface area contributed by atoms with Gasteiger partial charge in [0.05, 0.1) is 5.41 Å². The molecule has 3 aromatic rings. The second kappa shape index (κ2) is 5.60. The number of hydrogen-bond acceptors (Lipinski definition) is 0. The molecule has 2 atom stereocenters. The van der Waals surface area contributed by atoms with E-state index in [1.165, 1.54) is 50.9 Å². The Morgan fingerprint density at radius 2 is 1.31 bits per heavy atom. The monoisotopic (exact) mass is 374 g/mol. The van der Waals surface area contributed by atoms with Crippen LogP contribution in [0, 0.1) is 18.3 Å². The van der Waals surface area contributed by atoms with Gasteiger partial charge in [0.2, 0.25) is 0 Å². The zero-order valence-corrected chi connectivity index (χ0v) is 17.4. The van der Waals surface area contributed by atoms with Crippen molar-refractivity contribution in [3.8, 4) is 11.1 Å². The lowest BCUT2D eigenvalue weighted by atomic mass is 9.58. The number of hydrogen-bond donors (Lipinski definition) is 0. The second-order valence-electron chi connectivity index (χ2n) is 9.23. The van der Waals surface area contributed by atoms with E-state index >= 15 is 0 Å². The van der Waals surface area contributed by atoms with Crippen molar-refractivity contribution >= 4 is 0 Å². The van der Waals surface area contributed by atoms with E-state index < -0.39 is 0 Å². The third-order valence-electron chi connectivity index (χ3n) is 7.73. The van der Waals surface area contributed by atoms with Crippen LogP contribution < -0.4 is 0 Å². The summed E-state index contributed by atoms with van der Waals surface area (Å²) in [6, 6.07) is 27.6. The Bertz CT molecular complexity index is 1160. The van der Waals surface area contributed by atoms with Crippen molar-refractivity contribution in [2.75, 3.05) is 0 Å². The van der Waals surface area contributed by atoms with Crippen molar-refractivity contribution in [1.82, 2.24) is 0 Å². The second-order valence-corrected chi connectivity index (χ2v) is 9.23. The first-order valence-electron chi connectivity index (χ1n) is 10.7. The molecule has 0 spiro atoms. The lowest BCUT2D eigenvalue weighted by Gasteiger charge is -2.44. The van der Waals surface area contributed by atoms with E-state index in [9.17, 15) is 0 Å². The molecular weight excluding hydrogens is 348 g/mol. The summed E-state index contributed by atoms with van der Waals surface area (Å²) in [6.07, 6.45) is 6.18. The average molecular weight is 375 g/mol. The summed E-state index contributed by atoms with van der Waals surface area (Å²) in [5.74, 6) is 0.605. The Kier molecular flexibility index (Phi) is 3.29. The van der Waals surface area contributed by atoms with Crippen LogP contribution in [-0.4, -0.2) is 0 Å². The van der Waals surface area contributed by atoms with Crippen LogP contribution in [0.3, 0.4) is 0 Å². The number of allylic oxidation sites excluding steroid dienone is 4. The van der Waals surface area contributed by atoms with Crippen LogP contribution in [0.15, 0.2) is 96.1 Å². The van der Waals surface area contributed by atoms with Gasteiger partial charge in [-0.1, -0.05) is 102 Å². The molecule has 1 fully saturated rings. The fraction of sp³-hybridized carbons (Fsp3) is 0.241. The number of benzene rings is 3. The van der Waals surface area contributed by atoms with Gasteiger partial charge in [0.1, 0.15) is 0 Å². The minimum Gasteiger partial charge on any atom is -0.0775 e. The molecule has 0 heteroatoms. The summed E-state index contributed by atoms with van der Waals surface area (Å²) in [4.78, 5) is 0. The van der Waals surface area contributed by atoms with E-state index in [1.54, 1.807) is 0 Å². The van der Waals surface area contributed by atoms with Crippen LogP contribution in [0.1, 0.15) is 42.5 Å². The minimum absolute atomic E-state index is 0.129. The Hall–Kier alpha value is -2.86. The summed E-state index contributed by atoms with van der Waals surface area (Å²) >= 11 is 0. The van der Waals surface area contributed by atoms with Crippen LogP contribution in [0.2, 0.25) is 0 Å². The number of rotatable bonds is 2. The van der Waals surface area contributed by atoms with Gasteiger partial charge in [-0.05, 0) is 60.9 Å². The fourth-order valence-corrected chi connectivity index (χ4v) is 6.59. The third kappa shape index (κ3) is 1.95. The van der Waals surface area contributed by atoms with Crippen molar-refractivity contribution in [2.24, 2.45) is 11.3 Å². The maximum absolute atomic E-state index is 2.52.